The number of hydrogen-bond acceptors (Lipinski definition) is 3. The van der Waals surface area contributed by atoms with Gasteiger partial charge in [0.05, 0.1) is 24.6 Å². The van der Waals surface area contributed by atoms with Gasteiger partial charge in [-0.25, -0.2) is 4.79 Å². The molecule has 1 aliphatic rings. The summed E-state index contributed by atoms with van der Waals surface area (Å²) in [6, 6.07) is 0. The SMILES string of the molecule is O=c1[nH]c2c(n1O)CCOC2. The van der Waals surface area contributed by atoms with Crippen LogP contribution in [0.5, 0.6) is 0 Å². The van der Waals surface area contributed by atoms with Crippen LogP contribution in [0.1, 0.15) is 11.4 Å². The highest BCUT2D eigenvalue weighted by molar-refractivity contribution is 5.13. The minimum Gasteiger partial charge on any atom is -0.424 e. The van der Waals surface area contributed by atoms with Crippen LogP contribution >= 0.6 is 0 Å². The molecule has 0 spiro atoms. The van der Waals surface area contributed by atoms with E-state index in [-0.39, 0.29) is 0 Å². The third kappa shape index (κ3) is 0.848. The summed E-state index contributed by atoms with van der Waals surface area (Å²) < 4.78 is 5.72. The lowest BCUT2D eigenvalue weighted by Crippen LogP contribution is -2.17. The van der Waals surface area contributed by atoms with Crippen molar-refractivity contribution < 1.29 is 9.94 Å². The first-order valence-electron chi connectivity index (χ1n) is 3.39. The predicted molar refractivity (Wildman–Crippen MR) is 35.6 cm³/mol. The normalized spacial score (nSPS) is 16.4. The summed E-state index contributed by atoms with van der Waals surface area (Å²) in [5.41, 5.74) is 0.838. The van der Waals surface area contributed by atoms with Gasteiger partial charge in [0.1, 0.15) is 0 Å². The Bertz CT molecular complexity index is 325. The molecule has 0 atom stereocenters. The lowest BCUT2D eigenvalue weighted by molar-refractivity contribution is 0.0943. The molecule has 0 saturated carbocycles. The smallest absolute Gasteiger partial charge is 0.358 e. The molecule has 2 heterocycles. The van der Waals surface area contributed by atoms with E-state index in [0.717, 1.165) is 0 Å². The van der Waals surface area contributed by atoms with Crippen LogP contribution in [-0.2, 0) is 17.8 Å². The lowest BCUT2D eigenvalue weighted by atomic mass is 10.2. The molecule has 2 rings (SSSR count). The molecule has 1 aliphatic heterocycles. The number of H-pyrrole nitrogens is 1. The summed E-state index contributed by atoms with van der Waals surface area (Å²) in [5.74, 6) is 0. The second kappa shape index (κ2) is 2.13. The highest BCUT2D eigenvalue weighted by Crippen LogP contribution is 2.10. The van der Waals surface area contributed by atoms with Gasteiger partial charge >= 0.3 is 5.69 Å². The average Bonchev–Trinajstić information content (AvgIpc) is 2.30. The molecule has 1 aromatic rings. The topological polar surface area (TPSA) is 67.2 Å². The molecular weight excluding hydrogens is 148 g/mol. The van der Waals surface area contributed by atoms with Gasteiger partial charge in [-0.05, 0) is 0 Å². The largest absolute Gasteiger partial charge is 0.424 e. The van der Waals surface area contributed by atoms with Crippen LogP contribution in [0.4, 0.5) is 0 Å². The van der Waals surface area contributed by atoms with Crippen molar-refractivity contribution >= 4 is 0 Å². The number of ether oxygens (including phenoxy) is 1. The van der Waals surface area contributed by atoms with Crippen LogP contribution in [0, 0.1) is 0 Å². The van der Waals surface area contributed by atoms with Crippen molar-refractivity contribution in [2.75, 3.05) is 6.61 Å². The molecule has 60 valence electrons. The maximum absolute atomic E-state index is 10.8. The number of aromatic amines is 1. The first kappa shape index (κ1) is 6.48. The molecule has 0 amide bonds. The third-order valence-corrected chi connectivity index (χ3v) is 1.78. The summed E-state index contributed by atoms with van der Waals surface area (Å²) >= 11 is 0. The van der Waals surface area contributed by atoms with Gasteiger partial charge in [0.15, 0.2) is 0 Å². The number of rotatable bonds is 0. The average molecular weight is 156 g/mol. The quantitative estimate of drug-likeness (QED) is 0.497. The summed E-state index contributed by atoms with van der Waals surface area (Å²) in [4.78, 5) is 13.3. The molecule has 0 saturated heterocycles. The van der Waals surface area contributed by atoms with E-state index in [4.69, 9.17) is 9.94 Å². The van der Waals surface area contributed by atoms with Crippen LogP contribution in [0.2, 0.25) is 0 Å². The Morgan fingerprint density at radius 3 is 3.18 bits per heavy atom. The van der Waals surface area contributed by atoms with Gasteiger partial charge in [-0.3, -0.25) is 0 Å². The van der Waals surface area contributed by atoms with E-state index in [1.165, 1.54) is 0 Å². The standard InChI is InChI=1S/C6H8N2O3/c9-6-7-4-3-11-2-1-5(4)8(6)10/h10H,1-3H2,(H,7,9). The first-order valence-corrected chi connectivity index (χ1v) is 3.39. The zero-order chi connectivity index (χ0) is 7.84. The molecule has 5 heteroatoms. The predicted octanol–water partition coefficient (Wildman–Crippen LogP) is -0.514. The van der Waals surface area contributed by atoms with E-state index in [1.807, 2.05) is 0 Å². The van der Waals surface area contributed by atoms with Crippen molar-refractivity contribution in [2.24, 2.45) is 0 Å². The molecule has 0 bridgehead atoms. The highest BCUT2D eigenvalue weighted by atomic mass is 16.5. The Morgan fingerprint density at radius 2 is 2.45 bits per heavy atom. The number of imidazole rings is 1. The van der Waals surface area contributed by atoms with E-state index >= 15 is 0 Å². The minimum atomic E-state index is -0.486. The number of nitrogens with one attached hydrogen (secondary N) is 1. The number of aromatic nitrogens is 2. The van der Waals surface area contributed by atoms with E-state index in [1.54, 1.807) is 0 Å². The van der Waals surface area contributed by atoms with E-state index in [0.29, 0.717) is 35.8 Å². The molecule has 0 radical (unpaired) electrons. The molecule has 0 aromatic carbocycles. The number of hydrogen-bond donors (Lipinski definition) is 2. The Hall–Kier alpha value is -1.23. The van der Waals surface area contributed by atoms with Gasteiger partial charge in [0.25, 0.3) is 0 Å². The van der Waals surface area contributed by atoms with Gasteiger partial charge in [0.2, 0.25) is 0 Å². The Labute approximate surface area is 62.2 Å². The van der Waals surface area contributed by atoms with Crippen molar-refractivity contribution in [2.45, 2.75) is 13.0 Å². The van der Waals surface area contributed by atoms with Gasteiger partial charge in [-0.15, -0.1) is 4.73 Å². The zero-order valence-electron chi connectivity index (χ0n) is 5.83. The molecule has 0 fully saturated rings. The summed E-state index contributed by atoms with van der Waals surface area (Å²) in [5, 5.41) is 9.10. The van der Waals surface area contributed by atoms with Crippen LogP contribution in [0.15, 0.2) is 4.79 Å². The molecule has 11 heavy (non-hydrogen) atoms. The molecule has 2 N–H and O–H groups in total. The second-order valence-electron chi connectivity index (χ2n) is 2.47. The van der Waals surface area contributed by atoms with Crippen molar-refractivity contribution in [3.8, 4) is 0 Å². The fourth-order valence-corrected chi connectivity index (χ4v) is 1.22. The molecule has 1 aromatic heterocycles. The highest BCUT2D eigenvalue weighted by Gasteiger charge is 2.16. The summed E-state index contributed by atoms with van der Waals surface area (Å²) in [7, 11) is 0. The monoisotopic (exact) mass is 156 g/mol. The Kier molecular flexibility index (Phi) is 1.25. The van der Waals surface area contributed by atoms with Crippen molar-refractivity contribution in [3.05, 3.63) is 21.9 Å². The maximum atomic E-state index is 10.8. The zero-order valence-corrected chi connectivity index (χ0v) is 5.83. The molecular formula is C6H8N2O3. The van der Waals surface area contributed by atoms with E-state index in [2.05, 4.69) is 4.98 Å². The maximum Gasteiger partial charge on any atom is 0.358 e. The van der Waals surface area contributed by atoms with Gasteiger partial charge < -0.3 is 14.9 Å². The lowest BCUT2D eigenvalue weighted by Gasteiger charge is -2.10. The molecule has 5 nitrogen and oxygen atoms in total. The molecule has 0 aliphatic carbocycles. The number of fused-ring (bicyclic) bond motifs is 1. The van der Waals surface area contributed by atoms with Crippen LogP contribution < -0.4 is 5.69 Å². The third-order valence-electron chi connectivity index (χ3n) is 1.78. The summed E-state index contributed by atoms with van der Waals surface area (Å²) in [6.45, 7) is 0.947. The molecule has 0 unspecified atom stereocenters. The van der Waals surface area contributed by atoms with Crippen molar-refractivity contribution in [1.82, 2.24) is 9.71 Å². The fourth-order valence-electron chi connectivity index (χ4n) is 1.22. The Morgan fingerprint density at radius 1 is 1.64 bits per heavy atom. The first-order chi connectivity index (χ1) is 5.29. The minimum absolute atomic E-state index is 0.387. The van der Waals surface area contributed by atoms with Crippen LogP contribution in [0.25, 0.3) is 0 Å². The van der Waals surface area contributed by atoms with Crippen molar-refractivity contribution in [1.29, 1.82) is 0 Å². The van der Waals surface area contributed by atoms with E-state index < -0.39 is 5.69 Å². The number of nitrogens with zero attached hydrogens (tertiary/aromatic N) is 1. The fraction of sp³-hybridized carbons (Fsp3) is 0.500. The summed E-state index contributed by atoms with van der Waals surface area (Å²) in [6.07, 6.45) is 0.588. The van der Waals surface area contributed by atoms with Crippen LogP contribution in [-0.4, -0.2) is 21.5 Å². The Balaban J connectivity index is 2.59. The van der Waals surface area contributed by atoms with Gasteiger partial charge in [-0.1, -0.05) is 0 Å². The van der Waals surface area contributed by atoms with Crippen LogP contribution in [0.3, 0.4) is 0 Å². The van der Waals surface area contributed by atoms with Gasteiger partial charge in [-0.2, -0.15) is 0 Å². The van der Waals surface area contributed by atoms with Crippen molar-refractivity contribution in [3.63, 3.8) is 0 Å². The van der Waals surface area contributed by atoms with Gasteiger partial charge in [0, 0.05) is 6.42 Å². The second-order valence-corrected chi connectivity index (χ2v) is 2.47. The van der Waals surface area contributed by atoms with E-state index in [9.17, 15) is 4.79 Å².